The Balaban J connectivity index is 1.49. The van der Waals surface area contributed by atoms with Gasteiger partial charge in [-0.3, -0.25) is 9.89 Å². The van der Waals surface area contributed by atoms with Crippen molar-refractivity contribution >= 4 is 5.96 Å². The van der Waals surface area contributed by atoms with Crippen LogP contribution >= 0.6 is 0 Å². The molecule has 3 heterocycles. The quantitative estimate of drug-likeness (QED) is 0.572. The van der Waals surface area contributed by atoms with Gasteiger partial charge in [0, 0.05) is 39.1 Å². The number of oxazole rings is 1. The molecule has 2 aromatic heterocycles. The first-order chi connectivity index (χ1) is 14.0. The second kappa shape index (κ2) is 9.96. The molecule has 0 bridgehead atoms. The average molecular weight is 401 g/mol. The van der Waals surface area contributed by atoms with Crippen LogP contribution in [0.1, 0.15) is 42.8 Å². The van der Waals surface area contributed by atoms with Crippen molar-refractivity contribution in [1.82, 2.24) is 24.7 Å². The summed E-state index contributed by atoms with van der Waals surface area (Å²) in [5.74, 6) is 3.39. The van der Waals surface area contributed by atoms with Gasteiger partial charge in [0.1, 0.15) is 5.76 Å². The lowest BCUT2D eigenvalue weighted by Crippen LogP contribution is -2.39. The van der Waals surface area contributed by atoms with Crippen molar-refractivity contribution in [3.8, 4) is 0 Å². The maximum atomic E-state index is 5.74. The molecule has 0 amide bonds. The highest BCUT2D eigenvalue weighted by Crippen LogP contribution is 2.20. The van der Waals surface area contributed by atoms with E-state index < -0.39 is 0 Å². The van der Waals surface area contributed by atoms with Crippen LogP contribution < -0.4 is 5.32 Å². The molecule has 3 rings (SSSR count). The highest BCUT2D eigenvalue weighted by atomic mass is 16.4. The molecule has 7 heteroatoms. The Morgan fingerprint density at radius 2 is 2.10 bits per heavy atom. The van der Waals surface area contributed by atoms with Gasteiger partial charge >= 0.3 is 0 Å². The van der Waals surface area contributed by atoms with Gasteiger partial charge in [0.25, 0.3) is 0 Å². The molecule has 0 aromatic carbocycles. The van der Waals surface area contributed by atoms with E-state index in [1.54, 1.807) is 0 Å². The van der Waals surface area contributed by atoms with Gasteiger partial charge < -0.3 is 19.2 Å². The zero-order chi connectivity index (χ0) is 20.8. The fourth-order valence-corrected chi connectivity index (χ4v) is 3.79. The van der Waals surface area contributed by atoms with Gasteiger partial charge in [0.05, 0.1) is 18.8 Å². The summed E-state index contributed by atoms with van der Waals surface area (Å²) < 4.78 is 7.90. The largest absolute Gasteiger partial charge is 0.444 e. The van der Waals surface area contributed by atoms with E-state index in [1.807, 2.05) is 13.8 Å². The SMILES string of the molecule is CCNC(=NCC1CCN(Cc2nc(C)c(C)o2)CC1)N(C)Cc1cccn1C. The highest BCUT2D eigenvalue weighted by molar-refractivity contribution is 5.79. The maximum absolute atomic E-state index is 5.74. The van der Waals surface area contributed by atoms with Crippen LogP contribution in [0.5, 0.6) is 0 Å². The predicted octanol–water partition coefficient (Wildman–Crippen LogP) is 2.94. The number of aryl methyl sites for hydroxylation is 3. The molecule has 1 fully saturated rings. The molecule has 160 valence electrons. The Bertz CT molecular complexity index is 781. The van der Waals surface area contributed by atoms with Crippen molar-refractivity contribution in [2.45, 2.75) is 46.7 Å². The van der Waals surface area contributed by atoms with E-state index >= 15 is 0 Å². The molecule has 29 heavy (non-hydrogen) atoms. The Labute approximate surface area is 174 Å². The molecule has 0 saturated carbocycles. The summed E-state index contributed by atoms with van der Waals surface area (Å²) in [6, 6.07) is 4.24. The van der Waals surface area contributed by atoms with E-state index in [4.69, 9.17) is 9.41 Å². The zero-order valence-corrected chi connectivity index (χ0v) is 18.6. The molecule has 2 aromatic rings. The minimum Gasteiger partial charge on any atom is -0.444 e. The number of likely N-dealkylation sites (tertiary alicyclic amines) is 1. The van der Waals surface area contributed by atoms with E-state index in [0.717, 1.165) is 62.6 Å². The van der Waals surface area contributed by atoms with Crippen molar-refractivity contribution in [2.24, 2.45) is 18.0 Å². The number of rotatable bonds is 7. The summed E-state index contributed by atoms with van der Waals surface area (Å²) in [7, 11) is 4.19. The molecule has 0 unspecified atom stereocenters. The maximum Gasteiger partial charge on any atom is 0.208 e. The fraction of sp³-hybridized carbons (Fsp3) is 0.636. The van der Waals surface area contributed by atoms with Crippen LogP contribution in [0, 0.1) is 19.8 Å². The summed E-state index contributed by atoms with van der Waals surface area (Å²) in [5, 5.41) is 3.44. The molecular weight excluding hydrogens is 364 g/mol. The van der Waals surface area contributed by atoms with Crippen LogP contribution in [0.2, 0.25) is 0 Å². The van der Waals surface area contributed by atoms with Crippen molar-refractivity contribution in [3.63, 3.8) is 0 Å². The second-order valence-corrected chi connectivity index (χ2v) is 8.13. The van der Waals surface area contributed by atoms with Crippen molar-refractivity contribution in [2.75, 3.05) is 33.2 Å². The molecule has 0 atom stereocenters. The molecule has 1 saturated heterocycles. The van der Waals surface area contributed by atoms with Crippen LogP contribution in [0.15, 0.2) is 27.7 Å². The van der Waals surface area contributed by atoms with Gasteiger partial charge in [-0.15, -0.1) is 0 Å². The number of piperidine rings is 1. The number of nitrogens with one attached hydrogen (secondary N) is 1. The first kappa shape index (κ1) is 21.4. The smallest absolute Gasteiger partial charge is 0.208 e. The number of aromatic nitrogens is 2. The van der Waals surface area contributed by atoms with Crippen molar-refractivity contribution in [1.29, 1.82) is 0 Å². The third-order valence-corrected chi connectivity index (χ3v) is 5.79. The summed E-state index contributed by atoms with van der Waals surface area (Å²) in [5.41, 5.74) is 2.28. The topological polar surface area (TPSA) is 61.8 Å². The molecular formula is C22H36N6O. The first-order valence-corrected chi connectivity index (χ1v) is 10.7. The summed E-state index contributed by atoms with van der Waals surface area (Å²) >= 11 is 0. The van der Waals surface area contributed by atoms with Gasteiger partial charge in [-0.1, -0.05) is 0 Å². The zero-order valence-electron chi connectivity index (χ0n) is 18.6. The Kier molecular flexibility index (Phi) is 7.36. The Hall–Kier alpha value is -2.28. The summed E-state index contributed by atoms with van der Waals surface area (Å²) in [6.07, 6.45) is 4.42. The predicted molar refractivity (Wildman–Crippen MR) is 117 cm³/mol. The van der Waals surface area contributed by atoms with Crippen LogP contribution in [-0.4, -0.2) is 58.5 Å². The van der Waals surface area contributed by atoms with E-state index in [2.05, 4.69) is 64.0 Å². The van der Waals surface area contributed by atoms with Crippen molar-refractivity contribution < 1.29 is 4.42 Å². The minimum atomic E-state index is 0.636. The van der Waals surface area contributed by atoms with Crippen LogP contribution in [0.3, 0.4) is 0 Å². The van der Waals surface area contributed by atoms with Gasteiger partial charge in [-0.25, -0.2) is 4.98 Å². The molecule has 1 aliphatic heterocycles. The normalized spacial score (nSPS) is 16.4. The third-order valence-electron chi connectivity index (χ3n) is 5.79. The van der Waals surface area contributed by atoms with E-state index in [-0.39, 0.29) is 0 Å². The number of aliphatic imine (C=N–C) groups is 1. The number of hydrogen-bond donors (Lipinski definition) is 1. The number of nitrogens with zero attached hydrogens (tertiary/aromatic N) is 5. The lowest BCUT2D eigenvalue weighted by atomic mass is 9.97. The lowest BCUT2D eigenvalue weighted by Gasteiger charge is -2.30. The monoisotopic (exact) mass is 400 g/mol. The average Bonchev–Trinajstić information content (AvgIpc) is 3.24. The standard InChI is InChI=1S/C22H36N6O/c1-6-23-22(27(5)15-20-8-7-11-26(20)4)24-14-19-9-12-28(13-10-19)16-21-25-17(2)18(3)29-21/h7-8,11,19H,6,9-10,12-16H2,1-5H3,(H,23,24). The molecule has 1 N–H and O–H groups in total. The molecule has 0 spiro atoms. The summed E-state index contributed by atoms with van der Waals surface area (Å²) in [6.45, 7) is 11.7. The Morgan fingerprint density at radius 1 is 1.34 bits per heavy atom. The lowest BCUT2D eigenvalue weighted by molar-refractivity contribution is 0.166. The van der Waals surface area contributed by atoms with Crippen molar-refractivity contribution in [3.05, 3.63) is 41.4 Å². The molecule has 7 nitrogen and oxygen atoms in total. The molecule has 1 aliphatic rings. The summed E-state index contributed by atoms with van der Waals surface area (Å²) in [4.78, 5) is 14.1. The van der Waals surface area contributed by atoms with E-state index in [1.165, 1.54) is 18.5 Å². The first-order valence-electron chi connectivity index (χ1n) is 10.7. The minimum absolute atomic E-state index is 0.636. The van der Waals surface area contributed by atoms with E-state index in [0.29, 0.717) is 5.92 Å². The van der Waals surface area contributed by atoms with Gasteiger partial charge in [0.15, 0.2) is 5.96 Å². The van der Waals surface area contributed by atoms with Gasteiger partial charge in [0.2, 0.25) is 5.89 Å². The van der Waals surface area contributed by atoms with Gasteiger partial charge in [-0.2, -0.15) is 0 Å². The fourth-order valence-electron chi connectivity index (χ4n) is 3.79. The van der Waals surface area contributed by atoms with Crippen LogP contribution in [0.4, 0.5) is 0 Å². The second-order valence-electron chi connectivity index (χ2n) is 8.13. The third kappa shape index (κ3) is 5.85. The molecule has 0 aliphatic carbocycles. The van der Waals surface area contributed by atoms with Gasteiger partial charge in [-0.05, 0) is 64.8 Å². The Morgan fingerprint density at radius 3 is 2.69 bits per heavy atom. The number of hydrogen-bond acceptors (Lipinski definition) is 4. The molecule has 0 radical (unpaired) electrons. The highest BCUT2D eigenvalue weighted by Gasteiger charge is 2.21. The van der Waals surface area contributed by atoms with E-state index in [9.17, 15) is 0 Å². The number of guanidine groups is 1. The van der Waals surface area contributed by atoms with Crippen LogP contribution in [-0.2, 0) is 20.1 Å². The van der Waals surface area contributed by atoms with Crippen LogP contribution in [0.25, 0.3) is 0 Å².